The van der Waals surface area contributed by atoms with Crippen LogP contribution in [0.25, 0.3) is 0 Å². The van der Waals surface area contributed by atoms with Crippen molar-refractivity contribution in [2.45, 2.75) is 18.4 Å². The molecule has 0 saturated carbocycles. The van der Waals surface area contributed by atoms with E-state index in [0.29, 0.717) is 6.54 Å². The molecule has 0 aromatic carbocycles. The fourth-order valence-electron chi connectivity index (χ4n) is 0.863. The maximum Gasteiger partial charge on any atom is 0.0407 e. The van der Waals surface area contributed by atoms with Crippen LogP contribution < -0.4 is 5.73 Å². The summed E-state index contributed by atoms with van der Waals surface area (Å²) < 4.78 is 0. The second-order valence-corrected chi connectivity index (χ2v) is 3.43. The molecule has 1 aromatic rings. The van der Waals surface area contributed by atoms with Gasteiger partial charge in [0.1, 0.15) is 0 Å². The third-order valence-electron chi connectivity index (χ3n) is 1.39. The van der Waals surface area contributed by atoms with Crippen LogP contribution in [0.1, 0.15) is 12.5 Å². The Labute approximate surface area is 71.2 Å². The predicted molar refractivity (Wildman–Crippen MR) is 48.5 cm³/mol. The molecule has 0 aliphatic rings. The highest BCUT2D eigenvalue weighted by molar-refractivity contribution is 7.99. The van der Waals surface area contributed by atoms with Gasteiger partial charge in [-0.2, -0.15) is 0 Å². The summed E-state index contributed by atoms with van der Waals surface area (Å²) in [5.41, 5.74) is 6.73. The first-order chi connectivity index (χ1) is 5.38. The number of rotatable bonds is 3. The van der Waals surface area contributed by atoms with Crippen molar-refractivity contribution in [1.82, 2.24) is 4.98 Å². The van der Waals surface area contributed by atoms with E-state index >= 15 is 0 Å². The summed E-state index contributed by atoms with van der Waals surface area (Å²) in [6.45, 7) is 2.73. The molecule has 1 rings (SSSR count). The molecule has 11 heavy (non-hydrogen) atoms. The van der Waals surface area contributed by atoms with Gasteiger partial charge in [0, 0.05) is 23.8 Å². The molecule has 60 valence electrons. The molecule has 0 spiro atoms. The molecule has 0 amide bonds. The average Bonchev–Trinajstić information content (AvgIpc) is 2.06. The lowest BCUT2D eigenvalue weighted by Gasteiger charge is -2.03. The van der Waals surface area contributed by atoms with Crippen molar-refractivity contribution >= 4 is 11.8 Å². The largest absolute Gasteiger partial charge is 0.326 e. The molecule has 1 heterocycles. The van der Waals surface area contributed by atoms with Gasteiger partial charge in [-0.05, 0) is 17.4 Å². The maximum atomic E-state index is 5.54. The van der Waals surface area contributed by atoms with E-state index in [1.165, 1.54) is 10.5 Å². The minimum atomic E-state index is 0.602. The Morgan fingerprint density at radius 2 is 2.45 bits per heavy atom. The van der Waals surface area contributed by atoms with Crippen LogP contribution in [-0.4, -0.2) is 10.7 Å². The zero-order valence-corrected chi connectivity index (χ0v) is 7.40. The molecule has 2 nitrogen and oxygen atoms in total. The van der Waals surface area contributed by atoms with E-state index in [0.717, 1.165) is 5.75 Å². The van der Waals surface area contributed by atoms with Crippen LogP contribution in [0, 0.1) is 0 Å². The second-order valence-electron chi connectivity index (χ2n) is 2.12. The zero-order valence-electron chi connectivity index (χ0n) is 6.58. The van der Waals surface area contributed by atoms with Crippen LogP contribution in [-0.2, 0) is 6.54 Å². The van der Waals surface area contributed by atoms with Gasteiger partial charge in [-0.1, -0.05) is 6.92 Å². The highest BCUT2D eigenvalue weighted by Crippen LogP contribution is 2.20. The van der Waals surface area contributed by atoms with Crippen molar-refractivity contribution in [2.24, 2.45) is 5.73 Å². The third-order valence-corrected chi connectivity index (χ3v) is 2.36. The normalized spacial score (nSPS) is 10.0. The third kappa shape index (κ3) is 2.20. The number of pyridine rings is 1. The van der Waals surface area contributed by atoms with Crippen LogP contribution in [0.3, 0.4) is 0 Å². The Kier molecular flexibility index (Phi) is 3.39. The summed E-state index contributed by atoms with van der Waals surface area (Å²) >= 11 is 1.78. The Morgan fingerprint density at radius 3 is 3.09 bits per heavy atom. The fraction of sp³-hybridized carbons (Fsp3) is 0.375. The number of nitrogens with zero attached hydrogens (tertiary/aromatic N) is 1. The number of aromatic nitrogens is 1. The van der Waals surface area contributed by atoms with E-state index in [1.54, 1.807) is 18.0 Å². The zero-order chi connectivity index (χ0) is 8.10. The fourth-order valence-corrected chi connectivity index (χ4v) is 1.65. The van der Waals surface area contributed by atoms with Gasteiger partial charge in [0.05, 0.1) is 0 Å². The van der Waals surface area contributed by atoms with Gasteiger partial charge in [0.15, 0.2) is 0 Å². The lowest BCUT2D eigenvalue weighted by atomic mass is 10.3. The molecule has 0 aliphatic heterocycles. The predicted octanol–water partition coefficient (Wildman–Crippen LogP) is 1.65. The van der Waals surface area contributed by atoms with Crippen LogP contribution in [0.15, 0.2) is 23.4 Å². The Balaban J connectivity index is 2.83. The minimum Gasteiger partial charge on any atom is -0.326 e. The van der Waals surface area contributed by atoms with Gasteiger partial charge in [-0.3, -0.25) is 4.98 Å². The van der Waals surface area contributed by atoms with Gasteiger partial charge in [0.2, 0.25) is 0 Å². The summed E-state index contributed by atoms with van der Waals surface area (Å²) in [5, 5.41) is 0. The summed E-state index contributed by atoms with van der Waals surface area (Å²) in [4.78, 5) is 5.24. The average molecular weight is 168 g/mol. The van der Waals surface area contributed by atoms with E-state index < -0.39 is 0 Å². The standard InChI is InChI=1S/C8H12N2S/c1-2-11-8-6-10-4-3-7(8)5-9/h3-4,6H,2,5,9H2,1H3. The van der Waals surface area contributed by atoms with Crippen molar-refractivity contribution < 1.29 is 0 Å². The molecule has 0 saturated heterocycles. The van der Waals surface area contributed by atoms with Crippen molar-refractivity contribution in [3.63, 3.8) is 0 Å². The number of hydrogen-bond donors (Lipinski definition) is 1. The van der Waals surface area contributed by atoms with Gasteiger partial charge in [-0.25, -0.2) is 0 Å². The Morgan fingerprint density at radius 1 is 1.64 bits per heavy atom. The van der Waals surface area contributed by atoms with Gasteiger partial charge < -0.3 is 5.73 Å². The smallest absolute Gasteiger partial charge is 0.0407 e. The second kappa shape index (κ2) is 4.36. The van der Waals surface area contributed by atoms with Crippen molar-refractivity contribution in [3.05, 3.63) is 24.0 Å². The SMILES string of the molecule is CCSc1cnccc1CN. The van der Waals surface area contributed by atoms with E-state index in [1.807, 2.05) is 12.3 Å². The van der Waals surface area contributed by atoms with Crippen molar-refractivity contribution in [1.29, 1.82) is 0 Å². The highest BCUT2D eigenvalue weighted by atomic mass is 32.2. The first-order valence-electron chi connectivity index (χ1n) is 3.64. The van der Waals surface area contributed by atoms with Crippen LogP contribution in [0.4, 0.5) is 0 Å². The summed E-state index contributed by atoms with van der Waals surface area (Å²) in [6, 6.07) is 1.97. The quantitative estimate of drug-likeness (QED) is 0.697. The van der Waals surface area contributed by atoms with Crippen LogP contribution in [0.2, 0.25) is 0 Å². The van der Waals surface area contributed by atoms with E-state index in [4.69, 9.17) is 5.73 Å². The van der Waals surface area contributed by atoms with Gasteiger partial charge in [-0.15, -0.1) is 11.8 Å². The molecule has 2 N–H and O–H groups in total. The number of nitrogens with two attached hydrogens (primary N) is 1. The number of thioether (sulfide) groups is 1. The van der Waals surface area contributed by atoms with E-state index in [-0.39, 0.29) is 0 Å². The Bertz CT molecular complexity index is 225. The lowest BCUT2D eigenvalue weighted by Crippen LogP contribution is -1.98. The molecule has 0 fully saturated rings. The summed E-state index contributed by atoms with van der Waals surface area (Å²) in [6.07, 6.45) is 3.65. The molecule has 3 heteroatoms. The van der Waals surface area contributed by atoms with Crippen molar-refractivity contribution in [2.75, 3.05) is 5.75 Å². The van der Waals surface area contributed by atoms with Gasteiger partial charge >= 0.3 is 0 Å². The number of hydrogen-bond acceptors (Lipinski definition) is 3. The summed E-state index contributed by atoms with van der Waals surface area (Å²) in [7, 11) is 0. The highest BCUT2D eigenvalue weighted by Gasteiger charge is 1.98. The van der Waals surface area contributed by atoms with E-state index in [9.17, 15) is 0 Å². The molecular formula is C8H12N2S. The molecule has 0 unspecified atom stereocenters. The molecule has 0 atom stereocenters. The molecule has 1 aromatic heterocycles. The van der Waals surface area contributed by atoms with Gasteiger partial charge in [0.25, 0.3) is 0 Å². The van der Waals surface area contributed by atoms with E-state index in [2.05, 4.69) is 11.9 Å². The first-order valence-corrected chi connectivity index (χ1v) is 4.62. The Hall–Kier alpha value is -0.540. The first kappa shape index (κ1) is 8.56. The molecular weight excluding hydrogens is 156 g/mol. The van der Waals surface area contributed by atoms with Crippen LogP contribution >= 0.6 is 11.8 Å². The molecule has 0 bridgehead atoms. The topological polar surface area (TPSA) is 38.9 Å². The molecule has 0 radical (unpaired) electrons. The summed E-state index contributed by atoms with van der Waals surface area (Å²) in [5.74, 6) is 1.07. The maximum absolute atomic E-state index is 5.54. The molecule has 0 aliphatic carbocycles. The lowest BCUT2D eigenvalue weighted by molar-refractivity contribution is 1.01. The van der Waals surface area contributed by atoms with Crippen LogP contribution in [0.5, 0.6) is 0 Å². The monoisotopic (exact) mass is 168 g/mol. The minimum absolute atomic E-state index is 0.602. The van der Waals surface area contributed by atoms with Crippen molar-refractivity contribution in [3.8, 4) is 0 Å².